The third kappa shape index (κ3) is 5.73. The highest BCUT2D eigenvalue weighted by Gasteiger charge is 2.49. The van der Waals surface area contributed by atoms with E-state index in [1.807, 2.05) is 13.8 Å². The summed E-state index contributed by atoms with van der Waals surface area (Å²) < 4.78 is 11.6. The summed E-state index contributed by atoms with van der Waals surface area (Å²) in [6.07, 6.45) is 3.97. The van der Waals surface area contributed by atoms with Crippen LogP contribution in [0.25, 0.3) is 0 Å². The number of fused-ring (bicyclic) bond motifs is 2. The molecule has 0 aromatic heterocycles. The Balaban J connectivity index is 1.28. The standard InChI is InChI=1S/C30H36N2O8/c1-3-5-13-29(37)25(33)21-17-19(9-11-23(21)31-27(29)35)39-15-7-8-16-40-20-10-12-24-22(18-20)26(34)30(38,14-6-4-2)28(36)32-24/h9-12,17-18,37-38H,3-8,13-16H2,1-2H3,(H,31,35)(H,32,36). The van der Waals surface area contributed by atoms with Crippen LogP contribution in [0.5, 0.6) is 11.5 Å². The Kier molecular flexibility index (Phi) is 8.90. The molecule has 0 fully saturated rings. The van der Waals surface area contributed by atoms with Crippen molar-refractivity contribution in [2.24, 2.45) is 0 Å². The molecule has 2 aromatic carbocycles. The van der Waals surface area contributed by atoms with Gasteiger partial charge in [-0.3, -0.25) is 19.2 Å². The summed E-state index contributed by atoms with van der Waals surface area (Å²) >= 11 is 0. The fraction of sp³-hybridized carbons (Fsp3) is 0.467. The van der Waals surface area contributed by atoms with Crippen molar-refractivity contribution in [1.29, 1.82) is 0 Å². The van der Waals surface area contributed by atoms with E-state index >= 15 is 0 Å². The molecule has 0 radical (unpaired) electrons. The van der Waals surface area contributed by atoms with E-state index in [0.717, 1.165) is 12.8 Å². The quantitative estimate of drug-likeness (QED) is 0.215. The van der Waals surface area contributed by atoms with Gasteiger partial charge < -0.3 is 30.3 Å². The molecule has 0 saturated heterocycles. The summed E-state index contributed by atoms with van der Waals surface area (Å²) in [5.74, 6) is -1.74. The zero-order valence-electron chi connectivity index (χ0n) is 22.9. The molecule has 2 unspecified atom stereocenters. The van der Waals surface area contributed by atoms with Gasteiger partial charge in [0.05, 0.1) is 24.6 Å². The van der Waals surface area contributed by atoms with E-state index in [4.69, 9.17) is 9.47 Å². The zero-order chi connectivity index (χ0) is 28.9. The van der Waals surface area contributed by atoms with Crippen LogP contribution in [0.3, 0.4) is 0 Å². The van der Waals surface area contributed by atoms with Crippen molar-refractivity contribution in [3.63, 3.8) is 0 Å². The Morgan fingerprint density at radius 1 is 0.650 bits per heavy atom. The average molecular weight is 553 g/mol. The second-order valence-corrected chi connectivity index (χ2v) is 10.3. The van der Waals surface area contributed by atoms with Gasteiger partial charge in [-0.2, -0.15) is 0 Å². The molecule has 10 heteroatoms. The lowest BCUT2D eigenvalue weighted by molar-refractivity contribution is -0.131. The van der Waals surface area contributed by atoms with Crippen LogP contribution in [0, 0.1) is 0 Å². The molecule has 0 saturated carbocycles. The average Bonchev–Trinajstić information content (AvgIpc) is 2.95. The lowest BCUT2D eigenvalue weighted by atomic mass is 9.83. The molecule has 10 nitrogen and oxygen atoms in total. The van der Waals surface area contributed by atoms with Crippen molar-refractivity contribution >= 4 is 34.8 Å². The fourth-order valence-electron chi connectivity index (χ4n) is 4.83. The van der Waals surface area contributed by atoms with Crippen molar-refractivity contribution in [1.82, 2.24) is 0 Å². The third-order valence-electron chi connectivity index (χ3n) is 7.33. The van der Waals surface area contributed by atoms with E-state index in [2.05, 4.69) is 10.6 Å². The van der Waals surface area contributed by atoms with Gasteiger partial charge in [0.25, 0.3) is 11.8 Å². The van der Waals surface area contributed by atoms with Crippen molar-refractivity contribution in [2.75, 3.05) is 23.8 Å². The second-order valence-electron chi connectivity index (χ2n) is 10.3. The monoisotopic (exact) mass is 552 g/mol. The van der Waals surface area contributed by atoms with Gasteiger partial charge in [-0.1, -0.05) is 26.7 Å². The second kappa shape index (κ2) is 12.2. The van der Waals surface area contributed by atoms with Gasteiger partial charge in [0.15, 0.2) is 0 Å². The molecular weight excluding hydrogens is 516 g/mol. The fourth-order valence-corrected chi connectivity index (χ4v) is 4.83. The number of benzene rings is 2. The Labute approximate surface area is 233 Å². The minimum absolute atomic E-state index is 0.0609. The first-order valence-electron chi connectivity index (χ1n) is 13.8. The number of aliphatic hydroxyl groups is 2. The Morgan fingerprint density at radius 3 is 1.43 bits per heavy atom. The first kappa shape index (κ1) is 29.2. The molecule has 2 heterocycles. The minimum Gasteiger partial charge on any atom is -0.494 e. The molecule has 2 aliphatic rings. The smallest absolute Gasteiger partial charge is 0.264 e. The Morgan fingerprint density at radius 2 is 1.05 bits per heavy atom. The van der Waals surface area contributed by atoms with E-state index < -0.39 is 34.6 Å². The van der Waals surface area contributed by atoms with Crippen LogP contribution in [0.4, 0.5) is 11.4 Å². The van der Waals surface area contributed by atoms with E-state index in [1.165, 1.54) is 12.1 Å². The van der Waals surface area contributed by atoms with Crippen LogP contribution < -0.4 is 20.1 Å². The van der Waals surface area contributed by atoms with Gasteiger partial charge in [0.1, 0.15) is 11.5 Å². The molecule has 0 spiro atoms. The molecule has 2 atom stereocenters. The van der Waals surface area contributed by atoms with Gasteiger partial charge in [0, 0.05) is 11.1 Å². The summed E-state index contributed by atoms with van der Waals surface area (Å²) in [6, 6.07) is 9.57. The summed E-state index contributed by atoms with van der Waals surface area (Å²) in [5, 5.41) is 26.7. The number of rotatable bonds is 13. The number of nitrogens with one attached hydrogen (secondary N) is 2. The summed E-state index contributed by atoms with van der Waals surface area (Å²) in [7, 11) is 0. The molecule has 2 aliphatic heterocycles. The van der Waals surface area contributed by atoms with Crippen LogP contribution >= 0.6 is 0 Å². The van der Waals surface area contributed by atoms with Crippen LogP contribution in [-0.2, 0) is 9.59 Å². The summed E-state index contributed by atoms with van der Waals surface area (Å²) in [4.78, 5) is 50.6. The van der Waals surface area contributed by atoms with Gasteiger partial charge in [-0.25, -0.2) is 0 Å². The number of hydrogen-bond acceptors (Lipinski definition) is 8. The number of hydrogen-bond donors (Lipinski definition) is 4. The highest BCUT2D eigenvalue weighted by molar-refractivity contribution is 6.27. The van der Waals surface area contributed by atoms with Gasteiger partial charge in [-0.15, -0.1) is 0 Å². The Hall–Kier alpha value is -3.76. The number of unbranched alkanes of at least 4 members (excludes halogenated alkanes) is 3. The number of ether oxygens (including phenoxy) is 2. The van der Waals surface area contributed by atoms with Crippen molar-refractivity contribution < 1.29 is 38.9 Å². The topological polar surface area (TPSA) is 151 Å². The van der Waals surface area contributed by atoms with E-state index in [9.17, 15) is 29.4 Å². The Bertz CT molecular complexity index is 1210. The molecule has 40 heavy (non-hydrogen) atoms. The maximum atomic E-state index is 12.9. The number of carbonyl (C=O) groups is 4. The molecule has 4 rings (SSSR count). The van der Waals surface area contributed by atoms with Gasteiger partial charge in [-0.05, 0) is 74.9 Å². The first-order valence-corrected chi connectivity index (χ1v) is 13.8. The van der Waals surface area contributed by atoms with Crippen LogP contribution in [0.1, 0.15) is 85.9 Å². The third-order valence-corrected chi connectivity index (χ3v) is 7.33. The molecule has 2 aromatic rings. The molecule has 214 valence electrons. The molecule has 0 aliphatic carbocycles. The van der Waals surface area contributed by atoms with Gasteiger partial charge in [0.2, 0.25) is 22.8 Å². The maximum Gasteiger partial charge on any atom is 0.264 e. The van der Waals surface area contributed by atoms with Crippen molar-refractivity contribution in [3.05, 3.63) is 47.5 Å². The van der Waals surface area contributed by atoms with E-state index in [-0.39, 0.29) is 24.0 Å². The van der Waals surface area contributed by atoms with E-state index in [0.29, 0.717) is 61.8 Å². The van der Waals surface area contributed by atoms with Crippen molar-refractivity contribution in [3.8, 4) is 11.5 Å². The molecular formula is C30H36N2O8. The largest absolute Gasteiger partial charge is 0.494 e. The number of ketones is 2. The minimum atomic E-state index is -2.07. The number of carbonyl (C=O) groups excluding carboxylic acids is 4. The summed E-state index contributed by atoms with van der Waals surface area (Å²) in [6.45, 7) is 4.54. The predicted octanol–water partition coefficient (Wildman–Crippen LogP) is 4.04. The van der Waals surface area contributed by atoms with Gasteiger partial charge >= 0.3 is 0 Å². The van der Waals surface area contributed by atoms with Crippen LogP contribution in [-0.4, -0.2) is 58.0 Å². The number of anilines is 2. The predicted molar refractivity (Wildman–Crippen MR) is 148 cm³/mol. The lowest BCUT2D eigenvalue weighted by Crippen LogP contribution is -2.53. The maximum absolute atomic E-state index is 12.9. The number of Topliss-reactive ketones (excluding diaryl/α,β-unsaturated/α-hetero) is 2. The van der Waals surface area contributed by atoms with E-state index in [1.54, 1.807) is 24.3 Å². The number of amides is 2. The SMILES string of the molecule is CCCCC1(O)C(=O)Nc2ccc(OCCCCOc3ccc4c(c3)C(=O)C(O)(CCCC)C(=O)N4)cc2C1=O. The molecule has 4 N–H and O–H groups in total. The highest BCUT2D eigenvalue weighted by Crippen LogP contribution is 2.35. The zero-order valence-corrected chi connectivity index (χ0v) is 22.9. The molecule has 0 bridgehead atoms. The summed E-state index contributed by atoms with van der Waals surface area (Å²) in [5.41, 5.74) is -3.00. The lowest BCUT2D eigenvalue weighted by Gasteiger charge is -2.31. The molecule has 2 amide bonds. The van der Waals surface area contributed by atoms with Crippen LogP contribution in [0.15, 0.2) is 36.4 Å². The van der Waals surface area contributed by atoms with Crippen molar-refractivity contribution in [2.45, 2.75) is 76.4 Å². The highest BCUT2D eigenvalue weighted by atomic mass is 16.5. The first-order chi connectivity index (χ1) is 19.1. The normalized spacial score (nSPS) is 21.8. The van der Waals surface area contributed by atoms with Crippen LogP contribution in [0.2, 0.25) is 0 Å².